The third-order valence-electron chi connectivity index (χ3n) is 5.73. The number of unbranched alkanes of at least 4 members (excludes halogenated alkanes) is 1. The minimum atomic E-state index is -0.316. The van der Waals surface area contributed by atoms with Crippen LogP contribution < -0.4 is 0 Å². The number of imide groups is 1. The summed E-state index contributed by atoms with van der Waals surface area (Å²) in [5.41, 5.74) is 2.98. The Labute approximate surface area is 203 Å². The molecule has 0 spiro atoms. The highest BCUT2D eigenvalue weighted by molar-refractivity contribution is 7.99. The number of esters is 1. The maximum absolute atomic E-state index is 13.2. The second kappa shape index (κ2) is 10.7. The number of ether oxygens (including phenoxy) is 1. The van der Waals surface area contributed by atoms with Crippen molar-refractivity contribution in [3.05, 3.63) is 82.9 Å². The van der Waals surface area contributed by atoms with E-state index in [1.807, 2.05) is 60.7 Å². The first-order valence-electron chi connectivity index (χ1n) is 11.4. The van der Waals surface area contributed by atoms with Crippen LogP contribution in [-0.4, -0.2) is 35.0 Å². The molecule has 0 aliphatic carbocycles. The standard InChI is InChI=1S/C28H27NO4S/c1-3-4-17-34-25-15-14-24-26-22(25)8-5-9-23(26)27(31)29(28(24)32)16-6-7-20-10-12-21(13-11-20)18-33-19(2)30/h5-15H,3-4,16-18H2,1-2H3/b7-6+. The summed E-state index contributed by atoms with van der Waals surface area (Å²) in [6, 6.07) is 17.1. The predicted molar refractivity (Wildman–Crippen MR) is 136 cm³/mol. The minimum absolute atomic E-state index is 0.190. The van der Waals surface area contributed by atoms with Crippen molar-refractivity contribution in [3.8, 4) is 0 Å². The molecule has 5 nitrogen and oxygen atoms in total. The van der Waals surface area contributed by atoms with Gasteiger partial charge in [0.05, 0.1) is 0 Å². The molecule has 4 rings (SSSR count). The number of rotatable bonds is 9. The molecule has 0 unspecified atom stereocenters. The topological polar surface area (TPSA) is 63.7 Å². The van der Waals surface area contributed by atoms with E-state index in [-0.39, 0.29) is 30.9 Å². The molecule has 1 aliphatic rings. The highest BCUT2D eigenvalue weighted by atomic mass is 32.2. The average molecular weight is 474 g/mol. The minimum Gasteiger partial charge on any atom is -0.461 e. The largest absolute Gasteiger partial charge is 0.461 e. The van der Waals surface area contributed by atoms with Crippen molar-refractivity contribution in [2.45, 2.75) is 38.2 Å². The van der Waals surface area contributed by atoms with Crippen LogP contribution in [0.2, 0.25) is 0 Å². The Hall–Kier alpha value is -3.38. The molecule has 0 radical (unpaired) electrons. The number of nitrogens with zero attached hydrogens (tertiary/aromatic N) is 1. The molecule has 0 atom stereocenters. The van der Waals surface area contributed by atoms with E-state index < -0.39 is 0 Å². The molecule has 0 N–H and O–H groups in total. The van der Waals surface area contributed by atoms with E-state index in [0.29, 0.717) is 11.1 Å². The van der Waals surface area contributed by atoms with Crippen molar-refractivity contribution in [1.29, 1.82) is 0 Å². The Morgan fingerprint density at radius 3 is 2.44 bits per heavy atom. The molecular formula is C28H27NO4S. The summed E-state index contributed by atoms with van der Waals surface area (Å²) in [6.07, 6.45) is 5.95. The number of thioether (sulfide) groups is 1. The summed E-state index contributed by atoms with van der Waals surface area (Å²) in [7, 11) is 0. The Balaban J connectivity index is 1.51. The van der Waals surface area contributed by atoms with Gasteiger partial charge in [0.1, 0.15) is 6.61 Å². The summed E-state index contributed by atoms with van der Waals surface area (Å²) >= 11 is 1.77. The molecular weight excluding hydrogens is 446 g/mol. The monoisotopic (exact) mass is 473 g/mol. The van der Waals surface area contributed by atoms with E-state index in [0.717, 1.165) is 45.4 Å². The number of amides is 2. The van der Waals surface area contributed by atoms with Crippen molar-refractivity contribution in [1.82, 2.24) is 4.90 Å². The van der Waals surface area contributed by atoms with Crippen molar-refractivity contribution in [3.63, 3.8) is 0 Å². The molecule has 2 amide bonds. The first-order chi connectivity index (χ1) is 16.5. The Bertz CT molecular complexity index is 1240. The van der Waals surface area contributed by atoms with E-state index in [9.17, 15) is 14.4 Å². The molecule has 0 saturated carbocycles. The van der Waals surface area contributed by atoms with Crippen LogP contribution in [0.3, 0.4) is 0 Å². The SMILES string of the molecule is CCCCSc1ccc2c3c(cccc13)C(=O)N(C/C=C/c1ccc(COC(C)=O)cc1)C2=O. The van der Waals surface area contributed by atoms with Gasteiger partial charge in [-0.05, 0) is 46.9 Å². The van der Waals surface area contributed by atoms with Gasteiger partial charge < -0.3 is 4.74 Å². The quantitative estimate of drug-likeness (QED) is 0.162. The predicted octanol–water partition coefficient (Wildman–Crippen LogP) is 6.10. The van der Waals surface area contributed by atoms with Crippen molar-refractivity contribution < 1.29 is 19.1 Å². The molecule has 34 heavy (non-hydrogen) atoms. The third kappa shape index (κ3) is 5.07. The maximum Gasteiger partial charge on any atom is 0.302 e. The Morgan fingerprint density at radius 2 is 1.74 bits per heavy atom. The van der Waals surface area contributed by atoms with E-state index in [4.69, 9.17) is 4.74 Å². The van der Waals surface area contributed by atoms with Crippen LogP contribution in [0.1, 0.15) is 58.5 Å². The van der Waals surface area contributed by atoms with E-state index in [1.165, 1.54) is 11.8 Å². The lowest BCUT2D eigenvalue weighted by Gasteiger charge is -2.27. The lowest BCUT2D eigenvalue weighted by molar-refractivity contribution is -0.142. The van der Waals surface area contributed by atoms with Crippen LogP contribution in [-0.2, 0) is 16.1 Å². The summed E-state index contributed by atoms with van der Waals surface area (Å²) < 4.78 is 5.00. The van der Waals surface area contributed by atoms with Gasteiger partial charge in [0.2, 0.25) is 0 Å². The third-order valence-corrected chi connectivity index (χ3v) is 6.89. The Morgan fingerprint density at radius 1 is 1.00 bits per heavy atom. The van der Waals surface area contributed by atoms with E-state index >= 15 is 0 Å². The van der Waals surface area contributed by atoms with Gasteiger partial charge in [-0.2, -0.15) is 0 Å². The van der Waals surface area contributed by atoms with Crippen LogP contribution in [0.25, 0.3) is 16.8 Å². The smallest absolute Gasteiger partial charge is 0.302 e. The number of hydrogen-bond donors (Lipinski definition) is 0. The maximum atomic E-state index is 13.2. The Kier molecular flexibility index (Phi) is 7.48. The fraction of sp³-hybridized carbons (Fsp3) is 0.250. The zero-order valence-electron chi connectivity index (χ0n) is 19.4. The summed E-state index contributed by atoms with van der Waals surface area (Å²) in [4.78, 5) is 39.8. The number of hydrogen-bond acceptors (Lipinski definition) is 5. The lowest BCUT2D eigenvalue weighted by Crippen LogP contribution is -2.40. The second-order valence-corrected chi connectivity index (χ2v) is 9.32. The van der Waals surface area contributed by atoms with Crippen LogP contribution in [0, 0.1) is 0 Å². The number of benzene rings is 3. The van der Waals surface area contributed by atoms with Crippen LogP contribution in [0.5, 0.6) is 0 Å². The van der Waals surface area contributed by atoms with Gasteiger partial charge in [-0.25, -0.2) is 0 Å². The fourth-order valence-electron chi connectivity index (χ4n) is 3.94. The van der Waals surface area contributed by atoms with Gasteiger partial charge in [-0.15, -0.1) is 11.8 Å². The van der Waals surface area contributed by atoms with Crippen LogP contribution in [0.15, 0.2) is 65.6 Å². The summed E-state index contributed by atoms with van der Waals surface area (Å²) in [6.45, 7) is 3.97. The van der Waals surface area contributed by atoms with Crippen LogP contribution in [0.4, 0.5) is 0 Å². The average Bonchev–Trinajstić information content (AvgIpc) is 2.84. The van der Waals surface area contributed by atoms with E-state index in [2.05, 4.69) is 6.92 Å². The fourth-order valence-corrected chi connectivity index (χ4v) is 5.08. The zero-order valence-corrected chi connectivity index (χ0v) is 20.2. The van der Waals surface area contributed by atoms with Gasteiger partial charge in [0.25, 0.3) is 11.8 Å². The summed E-state index contributed by atoms with van der Waals surface area (Å²) in [5, 5.41) is 1.74. The van der Waals surface area contributed by atoms with Gasteiger partial charge >= 0.3 is 5.97 Å². The first-order valence-corrected chi connectivity index (χ1v) is 12.4. The highest BCUT2D eigenvalue weighted by Gasteiger charge is 2.32. The number of carbonyl (C=O) groups is 3. The van der Waals surface area contributed by atoms with E-state index in [1.54, 1.807) is 17.8 Å². The van der Waals surface area contributed by atoms with Gasteiger partial charge in [-0.3, -0.25) is 19.3 Å². The van der Waals surface area contributed by atoms with Crippen molar-refractivity contribution >= 4 is 46.4 Å². The lowest BCUT2D eigenvalue weighted by atomic mass is 9.94. The van der Waals surface area contributed by atoms with Crippen molar-refractivity contribution in [2.24, 2.45) is 0 Å². The zero-order chi connectivity index (χ0) is 24.1. The molecule has 0 fully saturated rings. The molecule has 0 bridgehead atoms. The molecule has 0 aromatic heterocycles. The molecule has 3 aromatic rings. The van der Waals surface area contributed by atoms with Gasteiger partial charge in [0, 0.05) is 34.9 Å². The molecule has 1 aliphatic heterocycles. The molecule has 0 saturated heterocycles. The molecule has 6 heteroatoms. The molecule has 1 heterocycles. The normalized spacial score (nSPS) is 13.2. The summed E-state index contributed by atoms with van der Waals surface area (Å²) in [5.74, 6) is 0.169. The molecule has 174 valence electrons. The first kappa shape index (κ1) is 23.8. The highest BCUT2D eigenvalue weighted by Crippen LogP contribution is 2.36. The number of carbonyl (C=O) groups excluding carboxylic acids is 3. The van der Waals surface area contributed by atoms with Crippen molar-refractivity contribution in [2.75, 3.05) is 12.3 Å². The van der Waals surface area contributed by atoms with Gasteiger partial charge in [0.15, 0.2) is 0 Å². The molecule has 3 aromatic carbocycles. The van der Waals surface area contributed by atoms with Crippen LogP contribution >= 0.6 is 11.8 Å². The second-order valence-electron chi connectivity index (χ2n) is 8.19. The van der Waals surface area contributed by atoms with Gasteiger partial charge in [-0.1, -0.05) is 61.9 Å².